The average molecular weight is 629 g/mol. The second kappa shape index (κ2) is 13.5. The number of rotatable bonds is 9. The number of methoxy groups -OCH3 is 1. The van der Waals surface area contributed by atoms with Crippen molar-refractivity contribution in [1.82, 2.24) is 9.80 Å². The molecule has 2 aliphatic heterocycles. The predicted octanol–water partition coefficient (Wildman–Crippen LogP) is 5.07. The number of anilines is 1. The second-order valence-electron chi connectivity index (χ2n) is 13.3. The number of benzene rings is 1. The fourth-order valence-corrected chi connectivity index (χ4v) is 5.69. The molecule has 1 saturated heterocycles. The van der Waals surface area contributed by atoms with Gasteiger partial charge in [-0.1, -0.05) is 0 Å². The van der Waals surface area contributed by atoms with Gasteiger partial charge in [-0.15, -0.1) is 0 Å². The van der Waals surface area contributed by atoms with Gasteiger partial charge in [0.1, 0.15) is 11.4 Å². The van der Waals surface area contributed by atoms with Crippen molar-refractivity contribution in [2.24, 2.45) is 11.7 Å². The number of alkyl halides is 3. The number of hydrogen-bond acceptors (Lipinski definition) is 7. The van der Waals surface area contributed by atoms with Gasteiger partial charge in [-0.25, -0.2) is 4.79 Å². The lowest BCUT2D eigenvalue weighted by Gasteiger charge is -2.42. The van der Waals surface area contributed by atoms with Crippen molar-refractivity contribution in [3.05, 3.63) is 23.3 Å². The van der Waals surface area contributed by atoms with E-state index in [-0.39, 0.29) is 49.6 Å². The molecule has 2 heterocycles. The Morgan fingerprint density at radius 2 is 1.84 bits per heavy atom. The molecule has 0 aliphatic carbocycles. The molecule has 2 N–H and O–H groups in total. The minimum Gasteiger partial charge on any atom is -0.476 e. The molecule has 0 saturated carbocycles. The molecule has 10 nitrogen and oxygen atoms in total. The van der Waals surface area contributed by atoms with Gasteiger partial charge < -0.3 is 34.6 Å². The third kappa shape index (κ3) is 8.15. The van der Waals surface area contributed by atoms with Gasteiger partial charge in [0.15, 0.2) is 5.60 Å². The molecule has 0 spiro atoms. The number of piperidine rings is 1. The zero-order valence-electron chi connectivity index (χ0n) is 27.0. The standard InChI is InChI=1S/C31H47F3N4O6/c1-19(2)37(17-20-9-10-21(11-14-42-8)38(18-20)28(41)44-29(3,4)5)26(39)22-15-24-25(16-23(22)31(32,33)34)43-30(6,7)27(40)36(24)13-12-35/h15-16,19-21H,9-14,17-18,35H2,1-8H3/t20-,21-/m0/s1. The summed E-state index contributed by atoms with van der Waals surface area (Å²) in [6, 6.07) is 1.30. The Morgan fingerprint density at radius 1 is 1.18 bits per heavy atom. The molecule has 3 amide bonds. The quantitative estimate of drug-likeness (QED) is 0.406. The summed E-state index contributed by atoms with van der Waals surface area (Å²) < 4.78 is 59.9. The normalized spacial score (nSPS) is 20.3. The van der Waals surface area contributed by atoms with Gasteiger partial charge >= 0.3 is 12.3 Å². The van der Waals surface area contributed by atoms with Crippen molar-refractivity contribution in [2.45, 2.75) is 97.2 Å². The van der Waals surface area contributed by atoms with Crippen LogP contribution in [0.25, 0.3) is 0 Å². The topological polar surface area (TPSA) is 115 Å². The van der Waals surface area contributed by atoms with Crippen LogP contribution in [-0.2, 0) is 20.4 Å². The van der Waals surface area contributed by atoms with E-state index in [0.717, 1.165) is 12.1 Å². The molecule has 0 radical (unpaired) electrons. The fourth-order valence-electron chi connectivity index (χ4n) is 5.69. The molecular weight excluding hydrogens is 581 g/mol. The molecule has 13 heteroatoms. The number of ether oxygens (including phenoxy) is 3. The molecule has 3 rings (SSSR count). The molecule has 0 aromatic heterocycles. The highest BCUT2D eigenvalue weighted by atomic mass is 19.4. The summed E-state index contributed by atoms with van der Waals surface area (Å²) in [6.45, 7) is 12.7. The van der Waals surface area contributed by atoms with E-state index < -0.39 is 52.5 Å². The first-order chi connectivity index (χ1) is 20.3. The smallest absolute Gasteiger partial charge is 0.417 e. The van der Waals surface area contributed by atoms with Crippen molar-refractivity contribution in [2.75, 3.05) is 44.8 Å². The molecule has 0 bridgehead atoms. The van der Waals surface area contributed by atoms with Crippen LogP contribution in [0.1, 0.15) is 83.7 Å². The maximum Gasteiger partial charge on any atom is 0.417 e. The number of carbonyl (C=O) groups excluding carboxylic acids is 3. The van der Waals surface area contributed by atoms with Crippen LogP contribution in [0.15, 0.2) is 12.1 Å². The van der Waals surface area contributed by atoms with E-state index >= 15 is 0 Å². The van der Waals surface area contributed by atoms with E-state index in [1.54, 1.807) is 46.6 Å². The Kier molecular flexibility index (Phi) is 10.9. The van der Waals surface area contributed by atoms with Gasteiger partial charge in [0.25, 0.3) is 11.8 Å². The van der Waals surface area contributed by atoms with Crippen LogP contribution >= 0.6 is 0 Å². The predicted molar refractivity (Wildman–Crippen MR) is 160 cm³/mol. The highest BCUT2D eigenvalue weighted by Crippen LogP contribution is 2.44. The van der Waals surface area contributed by atoms with Crippen LogP contribution in [0.4, 0.5) is 23.7 Å². The average Bonchev–Trinajstić information content (AvgIpc) is 2.90. The number of likely N-dealkylation sites (tertiary alicyclic amines) is 1. The molecule has 44 heavy (non-hydrogen) atoms. The first kappa shape index (κ1) is 35.4. The maximum absolute atomic E-state index is 14.4. The van der Waals surface area contributed by atoms with Gasteiger partial charge in [0.05, 0.1) is 16.8 Å². The summed E-state index contributed by atoms with van der Waals surface area (Å²) in [4.78, 5) is 44.6. The van der Waals surface area contributed by atoms with E-state index in [2.05, 4.69) is 0 Å². The van der Waals surface area contributed by atoms with Crippen molar-refractivity contribution in [1.29, 1.82) is 0 Å². The summed E-state index contributed by atoms with van der Waals surface area (Å²) in [5, 5.41) is 0. The molecular formula is C31H47F3N4O6. The Bertz CT molecular complexity index is 1210. The van der Waals surface area contributed by atoms with E-state index in [1.807, 2.05) is 0 Å². The Labute approximate surface area is 257 Å². The highest BCUT2D eigenvalue weighted by molar-refractivity contribution is 6.05. The molecule has 1 aromatic carbocycles. The van der Waals surface area contributed by atoms with Crippen LogP contribution in [0.5, 0.6) is 5.75 Å². The molecule has 2 atom stereocenters. The molecule has 1 aromatic rings. The van der Waals surface area contributed by atoms with Crippen LogP contribution in [0.2, 0.25) is 0 Å². The minimum atomic E-state index is -4.87. The van der Waals surface area contributed by atoms with Crippen molar-refractivity contribution in [3.8, 4) is 5.75 Å². The lowest BCUT2D eigenvalue weighted by atomic mass is 9.90. The van der Waals surface area contributed by atoms with Crippen molar-refractivity contribution in [3.63, 3.8) is 0 Å². The lowest BCUT2D eigenvalue weighted by Crippen LogP contribution is -2.54. The van der Waals surface area contributed by atoms with E-state index in [0.29, 0.717) is 25.9 Å². The number of halogens is 3. The summed E-state index contributed by atoms with van der Waals surface area (Å²) >= 11 is 0. The Hall–Kier alpha value is -3.06. The van der Waals surface area contributed by atoms with E-state index in [1.165, 1.54) is 23.6 Å². The first-order valence-electron chi connectivity index (χ1n) is 15.1. The van der Waals surface area contributed by atoms with Gasteiger partial charge in [-0.2, -0.15) is 13.2 Å². The minimum absolute atomic E-state index is 0.0400. The zero-order valence-corrected chi connectivity index (χ0v) is 27.0. The summed E-state index contributed by atoms with van der Waals surface area (Å²) in [7, 11) is 1.59. The Morgan fingerprint density at radius 3 is 2.39 bits per heavy atom. The van der Waals surface area contributed by atoms with Crippen LogP contribution < -0.4 is 15.4 Å². The van der Waals surface area contributed by atoms with Gasteiger partial charge in [-0.3, -0.25) is 9.59 Å². The molecule has 2 aliphatic rings. The van der Waals surface area contributed by atoms with Crippen molar-refractivity contribution < 1.29 is 41.8 Å². The van der Waals surface area contributed by atoms with Crippen LogP contribution in [-0.4, -0.2) is 90.9 Å². The molecule has 248 valence electrons. The summed E-state index contributed by atoms with van der Waals surface area (Å²) in [5.41, 5.74) is 1.93. The molecule has 1 fully saturated rings. The van der Waals surface area contributed by atoms with E-state index in [9.17, 15) is 27.6 Å². The first-order valence-corrected chi connectivity index (χ1v) is 15.1. The number of amides is 3. The van der Waals surface area contributed by atoms with Crippen LogP contribution in [0.3, 0.4) is 0 Å². The summed E-state index contributed by atoms with van der Waals surface area (Å²) in [6.07, 6.45) is -3.46. The summed E-state index contributed by atoms with van der Waals surface area (Å²) in [5.74, 6) is -1.66. The lowest BCUT2D eigenvalue weighted by molar-refractivity contribution is -0.138. The third-order valence-corrected chi connectivity index (χ3v) is 7.83. The van der Waals surface area contributed by atoms with Gasteiger partial charge in [0.2, 0.25) is 0 Å². The number of fused-ring (bicyclic) bond motifs is 1. The largest absolute Gasteiger partial charge is 0.476 e. The second-order valence-corrected chi connectivity index (χ2v) is 13.3. The number of carbonyl (C=O) groups is 3. The highest BCUT2D eigenvalue weighted by Gasteiger charge is 2.45. The van der Waals surface area contributed by atoms with Crippen molar-refractivity contribution >= 4 is 23.6 Å². The Balaban J connectivity index is 1.98. The van der Waals surface area contributed by atoms with Crippen LogP contribution in [0, 0.1) is 5.92 Å². The third-order valence-electron chi connectivity index (χ3n) is 7.83. The van der Waals surface area contributed by atoms with E-state index in [4.69, 9.17) is 19.9 Å². The monoisotopic (exact) mass is 628 g/mol. The van der Waals surface area contributed by atoms with Gasteiger partial charge in [-0.05, 0) is 85.8 Å². The number of hydrogen-bond donors (Lipinski definition) is 1. The van der Waals surface area contributed by atoms with Gasteiger partial charge in [0, 0.05) is 52.0 Å². The SMILES string of the molecule is COCC[C@@H]1CC[C@@H](CN(C(=O)c2cc3c(cc2C(F)(F)F)OC(C)(C)C(=O)N3CCN)C(C)C)CN1C(=O)OC(C)(C)C. The number of nitrogens with zero attached hydrogens (tertiary/aromatic N) is 3. The fraction of sp³-hybridized carbons (Fsp3) is 0.710. The molecule has 0 unspecified atom stereocenters. The maximum atomic E-state index is 14.4. The zero-order chi connectivity index (χ0) is 33.2. The number of nitrogens with two attached hydrogens (primary N) is 1.